The molecule has 20 heavy (non-hydrogen) atoms. The van der Waals surface area contributed by atoms with E-state index < -0.39 is 0 Å². The Labute approximate surface area is 116 Å². The first-order valence-electron chi connectivity index (χ1n) is 6.37. The smallest absolute Gasteiger partial charge is 0.253 e. The van der Waals surface area contributed by atoms with E-state index in [1.807, 2.05) is 19.1 Å². The number of pyridine rings is 2. The highest BCUT2D eigenvalue weighted by Crippen LogP contribution is 2.19. The van der Waals surface area contributed by atoms with Crippen LogP contribution in [0, 0.1) is 0 Å². The molecular formula is C15H14N4O. The van der Waals surface area contributed by atoms with Crippen molar-refractivity contribution < 1.29 is 4.79 Å². The third kappa shape index (κ3) is 2.38. The summed E-state index contributed by atoms with van der Waals surface area (Å²) >= 11 is 0. The Morgan fingerprint density at radius 3 is 2.85 bits per heavy atom. The molecule has 3 heterocycles. The molecule has 2 N–H and O–H groups in total. The topological polar surface area (TPSA) is 70.7 Å². The van der Waals surface area contributed by atoms with Crippen LogP contribution in [0.4, 0.5) is 0 Å². The first kappa shape index (κ1) is 12.3. The number of fused-ring (bicyclic) bond motifs is 1. The summed E-state index contributed by atoms with van der Waals surface area (Å²) in [5.41, 5.74) is 2.47. The van der Waals surface area contributed by atoms with Crippen LogP contribution in [0.1, 0.15) is 29.0 Å². The molecule has 0 radical (unpaired) electrons. The summed E-state index contributed by atoms with van der Waals surface area (Å²) in [6, 6.07) is 7.32. The first-order chi connectivity index (χ1) is 9.74. The van der Waals surface area contributed by atoms with E-state index >= 15 is 0 Å². The molecule has 0 spiro atoms. The van der Waals surface area contributed by atoms with E-state index in [0.717, 1.165) is 16.6 Å². The molecule has 0 fully saturated rings. The van der Waals surface area contributed by atoms with Gasteiger partial charge in [-0.25, -0.2) is 0 Å². The maximum absolute atomic E-state index is 12.1. The molecule has 0 saturated heterocycles. The molecule has 5 heteroatoms. The van der Waals surface area contributed by atoms with Gasteiger partial charge in [0.1, 0.15) is 0 Å². The normalized spacial score (nSPS) is 12.2. The highest BCUT2D eigenvalue weighted by molar-refractivity contribution is 5.94. The zero-order chi connectivity index (χ0) is 13.9. The van der Waals surface area contributed by atoms with E-state index in [4.69, 9.17) is 0 Å². The number of hydrogen-bond donors (Lipinski definition) is 2. The van der Waals surface area contributed by atoms with Crippen molar-refractivity contribution in [1.29, 1.82) is 0 Å². The molecule has 3 aromatic rings. The number of carbonyl (C=O) groups is 1. The molecule has 0 aliphatic heterocycles. The fourth-order valence-electron chi connectivity index (χ4n) is 2.08. The van der Waals surface area contributed by atoms with Crippen LogP contribution in [0.5, 0.6) is 0 Å². The molecule has 0 aliphatic rings. The number of nitrogens with zero attached hydrogens (tertiary/aromatic N) is 2. The van der Waals surface area contributed by atoms with Crippen LogP contribution in [0.25, 0.3) is 10.9 Å². The Morgan fingerprint density at radius 2 is 2.10 bits per heavy atom. The van der Waals surface area contributed by atoms with Crippen molar-refractivity contribution in [2.45, 2.75) is 13.0 Å². The predicted octanol–water partition coefficient (Wildman–Crippen LogP) is 2.45. The van der Waals surface area contributed by atoms with Gasteiger partial charge in [0.05, 0.1) is 23.3 Å². The van der Waals surface area contributed by atoms with Crippen LogP contribution in [0.3, 0.4) is 0 Å². The average molecular weight is 266 g/mol. The van der Waals surface area contributed by atoms with E-state index in [0.29, 0.717) is 5.56 Å². The second-order valence-electron chi connectivity index (χ2n) is 4.62. The monoisotopic (exact) mass is 266 g/mol. The van der Waals surface area contributed by atoms with Gasteiger partial charge in [-0.1, -0.05) is 0 Å². The molecule has 3 aromatic heterocycles. The fraction of sp³-hybridized carbons (Fsp3) is 0.133. The molecule has 5 nitrogen and oxygen atoms in total. The zero-order valence-corrected chi connectivity index (χ0v) is 11.0. The summed E-state index contributed by atoms with van der Waals surface area (Å²) in [6.45, 7) is 1.94. The lowest BCUT2D eigenvalue weighted by Crippen LogP contribution is -2.26. The van der Waals surface area contributed by atoms with Gasteiger partial charge < -0.3 is 10.3 Å². The SMILES string of the molecule is CC(NC(=O)c1cccnc1)c1cc2ccncc2[nH]1. The Kier molecular flexibility index (Phi) is 3.16. The molecule has 3 rings (SSSR count). The second kappa shape index (κ2) is 5.13. The lowest BCUT2D eigenvalue weighted by atomic mass is 10.2. The lowest BCUT2D eigenvalue weighted by Gasteiger charge is -2.12. The highest BCUT2D eigenvalue weighted by atomic mass is 16.1. The van der Waals surface area contributed by atoms with Crippen LogP contribution >= 0.6 is 0 Å². The van der Waals surface area contributed by atoms with Gasteiger partial charge in [-0.2, -0.15) is 0 Å². The Bertz CT molecular complexity index is 703. The quantitative estimate of drug-likeness (QED) is 0.765. The van der Waals surface area contributed by atoms with Crippen molar-refractivity contribution >= 4 is 16.8 Å². The molecule has 0 aliphatic carbocycles. The van der Waals surface area contributed by atoms with Crippen LogP contribution in [-0.4, -0.2) is 20.9 Å². The van der Waals surface area contributed by atoms with Crippen molar-refractivity contribution in [2.24, 2.45) is 0 Å². The van der Waals surface area contributed by atoms with Gasteiger partial charge in [0.2, 0.25) is 0 Å². The highest BCUT2D eigenvalue weighted by Gasteiger charge is 2.13. The fourth-order valence-corrected chi connectivity index (χ4v) is 2.08. The van der Waals surface area contributed by atoms with Crippen LogP contribution in [-0.2, 0) is 0 Å². The number of aromatic amines is 1. The van der Waals surface area contributed by atoms with Crippen LogP contribution < -0.4 is 5.32 Å². The molecule has 0 saturated carbocycles. The van der Waals surface area contributed by atoms with Gasteiger partial charge in [-0.3, -0.25) is 14.8 Å². The van der Waals surface area contributed by atoms with Crippen molar-refractivity contribution in [3.05, 3.63) is 60.3 Å². The standard InChI is InChI=1S/C15H14N4O/c1-10(18-15(20)12-3-2-5-16-8-12)13-7-11-4-6-17-9-14(11)19-13/h2-10,19H,1H3,(H,18,20). The summed E-state index contributed by atoms with van der Waals surface area (Å²) in [5.74, 6) is -0.137. The molecule has 0 aromatic carbocycles. The van der Waals surface area contributed by atoms with Crippen LogP contribution in [0.2, 0.25) is 0 Å². The molecule has 1 unspecified atom stereocenters. The van der Waals surface area contributed by atoms with Gasteiger partial charge in [0.25, 0.3) is 5.91 Å². The Hall–Kier alpha value is -2.69. The largest absolute Gasteiger partial charge is 0.355 e. The molecule has 1 atom stereocenters. The van der Waals surface area contributed by atoms with E-state index in [-0.39, 0.29) is 11.9 Å². The lowest BCUT2D eigenvalue weighted by molar-refractivity contribution is 0.0939. The van der Waals surface area contributed by atoms with Crippen LogP contribution in [0.15, 0.2) is 49.1 Å². The van der Waals surface area contributed by atoms with Gasteiger partial charge in [-0.05, 0) is 31.2 Å². The van der Waals surface area contributed by atoms with Gasteiger partial charge in [0, 0.05) is 29.7 Å². The summed E-state index contributed by atoms with van der Waals surface area (Å²) in [7, 11) is 0. The maximum Gasteiger partial charge on any atom is 0.253 e. The third-order valence-corrected chi connectivity index (χ3v) is 3.18. The second-order valence-corrected chi connectivity index (χ2v) is 4.62. The number of nitrogens with one attached hydrogen (secondary N) is 2. The Balaban J connectivity index is 1.79. The van der Waals surface area contributed by atoms with E-state index in [2.05, 4.69) is 20.3 Å². The number of rotatable bonds is 3. The van der Waals surface area contributed by atoms with Crippen molar-refractivity contribution in [3.8, 4) is 0 Å². The van der Waals surface area contributed by atoms with Gasteiger partial charge in [-0.15, -0.1) is 0 Å². The molecule has 100 valence electrons. The summed E-state index contributed by atoms with van der Waals surface area (Å²) < 4.78 is 0. The number of hydrogen-bond acceptors (Lipinski definition) is 3. The summed E-state index contributed by atoms with van der Waals surface area (Å²) in [5, 5.41) is 4.02. The average Bonchev–Trinajstić information content (AvgIpc) is 2.92. The Morgan fingerprint density at radius 1 is 1.25 bits per heavy atom. The minimum absolute atomic E-state index is 0.116. The van der Waals surface area contributed by atoms with Gasteiger partial charge >= 0.3 is 0 Å². The van der Waals surface area contributed by atoms with E-state index in [1.165, 1.54) is 0 Å². The maximum atomic E-state index is 12.1. The number of H-pyrrole nitrogens is 1. The minimum atomic E-state index is -0.137. The van der Waals surface area contributed by atoms with E-state index in [1.54, 1.807) is 36.9 Å². The molecular weight excluding hydrogens is 252 g/mol. The number of carbonyl (C=O) groups excluding carboxylic acids is 1. The minimum Gasteiger partial charge on any atom is -0.355 e. The zero-order valence-electron chi connectivity index (χ0n) is 11.0. The predicted molar refractivity (Wildman–Crippen MR) is 76.2 cm³/mol. The van der Waals surface area contributed by atoms with Crippen molar-refractivity contribution in [3.63, 3.8) is 0 Å². The number of aromatic nitrogens is 3. The first-order valence-corrected chi connectivity index (χ1v) is 6.37. The molecule has 0 bridgehead atoms. The van der Waals surface area contributed by atoms with Crippen molar-refractivity contribution in [1.82, 2.24) is 20.3 Å². The van der Waals surface area contributed by atoms with Crippen molar-refractivity contribution in [2.75, 3.05) is 0 Å². The summed E-state index contributed by atoms with van der Waals surface area (Å²) in [6.07, 6.45) is 6.72. The van der Waals surface area contributed by atoms with E-state index in [9.17, 15) is 4.79 Å². The summed E-state index contributed by atoms with van der Waals surface area (Å²) in [4.78, 5) is 23.3. The number of amides is 1. The molecule has 1 amide bonds. The van der Waals surface area contributed by atoms with Gasteiger partial charge in [0.15, 0.2) is 0 Å². The third-order valence-electron chi connectivity index (χ3n) is 3.18.